The zero-order chi connectivity index (χ0) is 14.1. The van der Waals surface area contributed by atoms with E-state index in [1.54, 1.807) is 0 Å². The number of nitrogens with zero attached hydrogens (tertiary/aromatic N) is 1. The molecule has 0 spiro atoms. The van der Waals surface area contributed by atoms with Crippen LogP contribution in [0.25, 0.3) is 10.8 Å². The fourth-order valence-corrected chi connectivity index (χ4v) is 2.93. The molecule has 20 heavy (non-hydrogen) atoms. The van der Waals surface area contributed by atoms with Crippen LogP contribution in [0.15, 0.2) is 42.5 Å². The van der Waals surface area contributed by atoms with Crippen molar-refractivity contribution >= 4 is 16.7 Å². The topological polar surface area (TPSA) is 40.5 Å². The number of rotatable bonds is 4. The first-order valence-corrected chi connectivity index (χ1v) is 7.07. The average Bonchev–Trinajstić information content (AvgIpc) is 2.41. The molecule has 1 N–H and O–H groups in total. The van der Waals surface area contributed by atoms with Gasteiger partial charge in [0.25, 0.3) is 0 Å². The Kier molecular flexibility index (Phi) is 3.45. The maximum atomic E-state index is 11.0. The van der Waals surface area contributed by atoms with Crippen LogP contribution in [-0.4, -0.2) is 29.1 Å². The molecule has 0 aromatic heterocycles. The molecule has 1 aliphatic rings. The van der Waals surface area contributed by atoms with Gasteiger partial charge in [0.2, 0.25) is 0 Å². The van der Waals surface area contributed by atoms with Crippen LogP contribution in [0.4, 0.5) is 0 Å². The molecule has 3 heteroatoms. The Labute approximate surface area is 118 Å². The molecule has 2 aromatic carbocycles. The van der Waals surface area contributed by atoms with E-state index in [-0.39, 0.29) is 5.92 Å². The van der Waals surface area contributed by atoms with Gasteiger partial charge in [0.05, 0.1) is 5.92 Å². The molecule has 0 radical (unpaired) electrons. The number of aliphatic carboxylic acids is 1. The number of fused-ring (bicyclic) bond motifs is 1. The zero-order valence-corrected chi connectivity index (χ0v) is 11.6. The fourth-order valence-electron chi connectivity index (χ4n) is 2.93. The number of benzene rings is 2. The summed E-state index contributed by atoms with van der Waals surface area (Å²) in [4.78, 5) is 13.3. The van der Waals surface area contributed by atoms with Crippen molar-refractivity contribution in [3.05, 3.63) is 48.0 Å². The van der Waals surface area contributed by atoms with Gasteiger partial charge in [-0.1, -0.05) is 49.4 Å². The molecule has 3 rings (SSSR count). The van der Waals surface area contributed by atoms with Crippen LogP contribution in [0.3, 0.4) is 0 Å². The van der Waals surface area contributed by atoms with E-state index in [4.69, 9.17) is 5.11 Å². The second kappa shape index (κ2) is 5.25. The van der Waals surface area contributed by atoms with Crippen LogP contribution in [0.2, 0.25) is 0 Å². The standard InChI is InChI=1S/C17H19NO2/c1-12(17(19)20)15-10-18(11-15)9-14-7-4-6-13-5-2-3-8-16(13)14/h2-8,12,15H,9-11H2,1H3,(H,19,20). The Balaban J connectivity index is 1.69. The highest BCUT2D eigenvalue weighted by atomic mass is 16.4. The molecule has 104 valence electrons. The predicted molar refractivity (Wildman–Crippen MR) is 79.5 cm³/mol. The Morgan fingerprint density at radius 1 is 1.25 bits per heavy atom. The van der Waals surface area contributed by atoms with E-state index in [1.807, 2.05) is 6.92 Å². The van der Waals surface area contributed by atoms with Crippen LogP contribution in [-0.2, 0) is 11.3 Å². The van der Waals surface area contributed by atoms with Gasteiger partial charge in [-0.2, -0.15) is 0 Å². The van der Waals surface area contributed by atoms with Crippen LogP contribution < -0.4 is 0 Å². The van der Waals surface area contributed by atoms with Crippen molar-refractivity contribution < 1.29 is 9.90 Å². The van der Waals surface area contributed by atoms with Gasteiger partial charge in [0, 0.05) is 19.6 Å². The summed E-state index contributed by atoms with van der Waals surface area (Å²) in [5.74, 6) is -0.624. The van der Waals surface area contributed by atoms with Gasteiger partial charge in [0.1, 0.15) is 0 Å². The number of carboxylic acids is 1. The third-order valence-electron chi connectivity index (χ3n) is 4.36. The van der Waals surface area contributed by atoms with Crippen LogP contribution in [0.5, 0.6) is 0 Å². The molecule has 1 unspecified atom stereocenters. The lowest BCUT2D eigenvalue weighted by atomic mass is 9.86. The molecule has 0 amide bonds. The van der Waals surface area contributed by atoms with Gasteiger partial charge >= 0.3 is 5.97 Å². The van der Waals surface area contributed by atoms with E-state index < -0.39 is 5.97 Å². The molecule has 3 nitrogen and oxygen atoms in total. The largest absolute Gasteiger partial charge is 0.481 e. The smallest absolute Gasteiger partial charge is 0.306 e. The van der Waals surface area contributed by atoms with Crippen molar-refractivity contribution in [2.75, 3.05) is 13.1 Å². The lowest BCUT2D eigenvalue weighted by Gasteiger charge is -2.41. The minimum absolute atomic E-state index is 0.237. The molecule has 1 aliphatic heterocycles. The molecular weight excluding hydrogens is 250 g/mol. The monoisotopic (exact) mass is 269 g/mol. The quantitative estimate of drug-likeness (QED) is 0.927. The van der Waals surface area contributed by atoms with Crippen molar-refractivity contribution in [2.45, 2.75) is 13.5 Å². The third kappa shape index (κ3) is 2.41. The molecule has 0 aliphatic carbocycles. The molecule has 1 fully saturated rings. The highest BCUT2D eigenvalue weighted by Crippen LogP contribution is 2.27. The van der Waals surface area contributed by atoms with Crippen molar-refractivity contribution in [3.8, 4) is 0 Å². The van der Waals surface area contributed by atoms with E-state index in [1.165, 1.54) is 16.3 Å². The maximum absolute atomic E-state index is 11.0. The van der Waals surface area contributed by atoms with Crippen molar-refractivity contribution in [1.82, 2.24) is 4.90 Å². The lowest BCUT2D eigenvalue weighted by Crippen LogP contribution is -2.50. The molecule has 2 aromatic rings. The second-order valence-electron chi connectivity index (χ2n) is 5.72. The molecule has 1 atom stereocenters. The van der Waals surface area contributed by atoms with Gasteiger partial charge < -0.3 is 5.11 Å². The van der Waals surface area contributed by atoms with E-state index in [2.05, 4.69) is 47.4 Å². The van der Waals surface area contributed by atoms with Gasteiger partial charge in [-0.15, -0.1) is 0 Å². The Hall–Kier alpha value is -1.87. The van der Waals surface area contributed by atoms with Crippen LogP contribution >= 0.6 is 0 Å². The number of likely N-dealkylation sites (tertiary alicyclic amines) is 1. The predicted octanol–water partition coefficient (Wildman–Crippen LogP) is 2.99. The number of hydrogen-bond donors (Lipinski definition) is 1. The first kappa shape index (κ1) is 13.1. The minimum Gasteiger partial charge on any atom is -0.481 e. The number of carbonyl (C=O) groups is 1. The highest BCUT2D eigenvalue weighted by Gasteiger charge is 2.34. The van der Waals surface area contributed by atoms with Gasteiger partial charge in [0.15, 0.2) is 0 Å². The fraction of sp³-hybridized carbons (Fsp3) is 0.353. The van der Waals surface area contributed by atoms with Crippen molar-refractivity contribution in [3.63, 3.8) is 0 Å². The number of carboxylic acid groups (broad SMARTS) is 1. The average molecular weight is 269 g/mol. The van der Waals surface area contributed by atoms with E-state index in [0.29, 0.717) is 5.92 Å². The van der Waals surface area contributed by atoms with E-state index in [9.17, 15) is 4.79 Å². The summed E-state index contributed by atoms with van der Waals surface area (Å²) < 4.78 is 0. The molecule has 0 bridgehead atoms. The van der Waals surface area contributed by atoms with Crippen LogP contribution in [0, 0.1) is 11.8 Å². The first-order valence-electron chi connectivity index (χ1n) is 7.07. The van der Waals surface area contributed by atoms with Gasteiger partial charge in [-0.05, 0) is 22.3 Å². The van der Waals surface area contributed by atoms with Crippen molar-refractivity contribution in [1.29, 1.82) is 0 Å². The highest BCUT2D eigenvalue weighted by molar-refractivity contribution is 5.85. The molecule has 1 heterocycles. The van der Waals surface area contributed by atoms with Crippen molar-refractivity contribution in [2.24, 2.45) is 11.8 Å². The van der Waals surface area contributed by atoms with Crippen LogP contribution in [0.1, 0.15) is 12.5 Å². The lowest BCUT2D eigenvalue weighted by molar-refractivity contribution is -0.145. The summed E-state index contributed by atoms with van der Waals surface area (Å²) in [6.07, 6.45) is 0. The minimum atomic E-state index is -0.681. The summed E-state index contributed by atoms with van der Waals surface area (Å²) >= 11 is 0. The summed E-state index contributed by atoms with van der Waals surface area (Å²) in [5, 5.41) is 11.6. The summed E-state index contributed by atoms with van der Waals surface area (Å²) in [6, 6.07) is 14.8. The zero-order valence-electron chi connectivity index (χ0n) is 11.6. The molecule has 0 saturated carbocycles. The normalized spacial score (nSPS) is 17.9. The summed E-state index contributed by atoms with van der Waals surface area (Å²) in [7, 11) is 0. The summed E-state index contributed by atoms with van der Waals surface area (Å²) in [5.41, 5.74) is 1.32. The summed E-state index contributed by atoms with van der Waals surface area (Å²) in [6.45, 7) is 4.49. The molecular formula is C17H19NO2. The third-order valence-corrected chi connectivity index (χ3v) is 4.36. The number of hydrogen-bond acceptors (Lipinski definition) is 2. The second-order valence-corrected chi connectivity index (χ2v) is 5.72. The van der Waals surface area contributed by atoms with E-state index in [0.717, 1.165) is 19.6 Å². The van der Waals surface area contributed by atoms with Gasteiger partial charge in [-0.25, -0.2) is 0 Å². The van der Waals surface area contributed by atoms with E-state index >= 15 is 0 Å². The Bertz CT molecular complexity index is 626. The Morgan fingerprint density at radius 2 is 1.95 bits per heavy atom. The SMILES string of the molecule is CC(C(=O)O)C1CN(Cc2cccc3ccccc23)C1. The van der Waals surface area contributed by atoms with Gasteiger partial charge in [-0.3, -0.25) is 9.69 Å². The Morgan fingerprint density at radius 3 is 2.70 bits per heavy atom. The maximum Gasteiger partial charge on any atom is 0.306 e. The first-order chi connectivity index (χ1) is 9.65. The molecule has 1 saturated heterocycles.